The normalized spacial score (nSPS) is 11.1. The zero-order valence-electron chi connectivity index (χ0n) is 22.6. The maximum atomic E-state index is 13.5. The van der Waals surface area contributed by atoms with Crippen molar-refractivity contribution < 1.29 is 14.3 Å². The molecule has 0 fully saturated rings. The molecule has 0 aliphatic rings. The van der Waals surface area contributed by atoms with Crippen LogP contribution in [-0.4, -0.2) is 30.8 Å². The van der Waals surface area contributed by atoms with Crippen molar-refractivity contribution in [2.75, 3.05) is 24.8 Å². The smallest absolute Gasteiger partial charge is 0.296 e. The molecule has 0 saturated carbocycles. The Balaban J connectivity index is 2.08. The maximum absolute atomic E-state index is 13.5. The van der Waals surface area contributed by atoms with E-state index in [-0.39, 0.29) is 28.0 Å². The molecule has 0 saturated heterocycles. The highest BCUT2D eigenvalue weighted by Crippen LogP contribution is 2.36. The van der Waals surface area contributed by atoms with Crippen LogP contribution in [0.2, 0.25) is 0 Å². The van der Waals surface area contributed by atoms with E-state index in [1.807, 2.05) is 39.8 Å². The Labute approximate surface area is 223 Å². The molecule has 0 aliphatic heterocycles. The highest BCUT2D eigenvalue weighted by molar-refractivity contribution is 6.47. The number of ether oxygens (including phenoxy) is 1. The average Bonchev–Trinajstić information content (AvgIpc) is 2.91. The predicted molar refractivity (Wildman–Crippen MR) is 153 cm³/mol. The van der Waals surface area contributed by atoms with Crippen LogP contribution >= 0.6 is 0 Å². The number of benzene rings is 2. The van der Waals surface area contributed by atoms with Gasteiger partial charge in [-0.05, 0) is 64.9 Å². The summed E-state index contributed by atoms with van der Waals surface area (Å²) < 4.78 is 5.42. The number of allylic oxidation sites excluding steroid dienone is 1. The van der Waals surface area contributed by atoms with Crippen LogP contribution in [0, 0.1) is 11.3 Å². The first-order valence-corrected chi connectivity index (χ1v) is 12.1. The lowest BCUT2D eigenvalue weighted by Crippen LogP contribution is -2.25. The van der Waals surface area contributed by atoms with Crippen molar-refractivity contribution in [2.24, 2.45) is 0 Å². The largest absolute Gasteiger partial charge is 0.493 e. The van der Waals surface area contributed by atoms with E-state index in [9.17, 15) is 14.9 Å². The van der Waals surface area contributed by atoms with Gasteiger partial charge in [0.1, 0.15) is 11.9 Å². The van der Waals surface area contributed by atoms with Crippen LogP contribution in [0.5, 0.6) is 5.75 Å². The van der Waals surface area contributed by atoms with E-state index in [0.717, 1.165) is 22.5 Å². The molecule has 0 unspecified atom stereocenters. The molecule has 2 aromatic carbocycles. The predicted octanol–water partition coefficient (Wildman–Crippen LogP) is 6.47. The van der Waals surface area contributed by atoms with Gasteiger partial charge in [-0.25, -0.2) is 4.98 Å². The summed E-state index contributed by atoms with van der Waals surface area (Å²) in [4.78, 5) is 31.1. The number of carbonyl (C=O) groups is 2. The molecule has 2 N–H and O–H groups in total. The second-order valence-corrected chi connectivity index (χ2v) is 9.62. The lowest BCUT2D eigenvalue weighted by atomic mass is 9.85. The number of nitriles is 1. The highest BCUT2D eigenvalue weighted by Gasteiger charge is 2.25. The number of ketones is 1. The molecule has 1 amide bonds. The molecule has 0 spiro atoms. The van der Waals surface area contributed by atoms with Crippen LogP contribution in [0.3, 0.4) is 0 Å². The molecule has 3 aromatic rings. The van der Waals surface area contributed by atoms with Crippen molar-refractivity contribution in [3.63, 3.8) is 0 Å². The van der Waals surface area contributed by atoms with Gasteiger partial charge in [-0.15, -0.1) is 0 Å². The molecular formula is C31H32N4O3. The van der Waals surface area contributed by atoms with Crippen molar-refractivity contribution in [3.8, 4) is 22.9 Å². The first kappa shape index (κ1) is 27.9. The minimum Gasteiger partial charge on any atom is -0.493 e. The monoisotopic (exact) mass is 508 g/mol. The number of aromatic nitrogens is 1. The van der Waals surface area contributed by atoms with Crippen molar-refractivity contribution in [1.82, 2.24) is 4.98 Å². The minimum absolute atomic E-state index is 0.204. The summed E-state index contributed by atoms with van der Waals surface area (Å²) in [5, 5.41) is 15.3. The van der Waals surface area contributed by atoms with E-state index in [2.05, 4.69) is 28.3 Å². The Bertz CT molecular complexity index is 1460. The first-order valence-electron chi connectivity index (χ1n) is 12.1. The van der Waals surface area contributed by atoms with E-state index < -0.39 is 11.7 Å². The third-order valence-corrected chi connectivity index (χ3v) is 6.13. The number of hydrogen-bond acceptors (Lipinski definition) is 6. The van der Waals surface area contributed by atoms with Crippen molar-refractivity contribution in [3.05, 3.63) is 83.1 Å². The topological polar surface area (TPSA) is 104 Å². The van der Waals surface area contributed by atoms with Crippen LogP contribution in [-0.2, 0) is 10.2 Å². The standard InChI is InChI=1S/C31H32N4O3/c1-8-10-24-22(9-2)23(19-11-14-27(33-6)34-18-19)12-13-25(24)28(36)30(37)35-26-16-21(31(3,4)5)15-20(17-32)29(26)38-7/h8-16,18H,2H2,1,3-7H3,(H,33,34)(H,35,37)/b10-8-. The van der Waals surface area contributed by atoms with Gasteiger partial charge in [0.25, 0.3) is 11.7 Å². The van der Waals surface area contributed by atoms with Gasteiger partial charge in [-0.1, -0.05) is 51.6 Å². The van der Waals surface area contributed by atoms with E-state index in [4.69, 9.17) is 4.74 Å². The van der Waals surface area contributed by atoms with Gasteiger partial charge in [0.05, 0.1) is 18.4 Å². The zero-order chi connectivity index (χ0) is 28.0. The second-order valence-electron chi connectivity index (χ2n) is 9.62. The molecule has 7 heteroatoms. The number of pyridine rings is 1. The Hall–Kier alpha value is -4.70. The van der Waals surface area contributed by atoms with Crippen LogP contribution in [0.25, 0.3) is 23.3 Å². The molecule has 0 bridgehead atoms. The van der Waals surface area contributed by atoms with E-state index in [1.54, 1.807) is 55.7 Å². The molecule has 0 aliphatic carbocycles. The minimum atomic E-state index is -0.841. The summed E-state index contributed by atoms with van der Waals surface area (Å²) in [5.41, 5.74) is 4.25. The fraction of sp³-hybridized carbons (Fsp3) is 0.226. The van der Waals surface area contributed by atoms with Gasteiger partial charge >= 0.3 is 0 Å². The van der Waals surface area contributed by atoms with Crippen LogP contribution in [0.4, 0.5) is 11.5 Å². The molecular weight excluding hydrogens is 476 g/mol. The molecule has 194 valence electrons. The lowest BCUT2D eigenvalue weighted by molar-refractivity contribution is -0.112. The summed E-state index contributed by atoms with van der Waals surface area (Å²) in [6.45, 7) is 11.8. The number of carbonyl (C=O) groups excluding carboxylic acids is 2. The van der Waals surface area contributed by atoms with Crippen LogP contribution < -0.4 is 15.4 Å². The van der Waals surface area contributed by atoms with Gasteiger partial charge < -0.3 is 15.4 Å². The number of rotatable bonds is 8. The molecule has 1 aromatic heterocycles. The number of nitrogens with zero attached hydrogens (tertiary/aromatic N) is 2. The number of Topliss-reactive ketones (excluding diaryl/α,β-unsaturated/α-hetero) is 1. The molecule has 3 rings (SSSR count). The SMILES string of the molecule is C=Cc1c(-c2ccc(NC)nc2)ccc(C(=O)C(=O)Nc2cc(C(C)(C)C)cc(C#N)c2OC)c1/C=C\C. The number of methoxy groups -OCH3 is 1. The van der Waals surface area contributed by atoms with Gasteiger partial charge in [-0.3, -0.25) is 9.59 Å². The summed E-state index contributed by atoms with van der Waals surface area (Å²) >= 11 is 0. The molecule has 7 nitrogen and oxygen atoms in total. The third-order valence-electron chi connectivity index (χ3n) is 6.13. The van der Waals surface area contributed by atoms with Crippen molar-refractivity contribution in [2.45, 2.75) is 33.1 Å². The van der Waals surface area contributed by atoms with Gasteiger partial charge in [0.15, 0.2) is 5.75 Å². The highest BCUT2D eigenvalue weighted by atomic mass is 16.5. The van der Waals surface area contributed by atoms with Crippen LogP contribution in [0.1, 0.15) is 60.3 Å². The van der Waals surface area contributed by atoms with Crippen molar-refractivity contribution in [1.29, 1.82) is 5.26 Å². The third kappa shape index (κ3) is 5.65. The molecule has 1 heterocycles. The maximum Gasteiger partial charge on any atom is 0.296 e. The Kier molecular flexibility index (Phi) is 8.49. The second kappa shape index (κ2) is 11.6. The Morgan fingerprint density at radius 3 is 2.39 bits per heavy atom. The summed E-state index contributed by atoms with van der Waals surface area (Å²) in [5.74, 6) is -0.628. The van der Waals surface area contributed by atoms with E-state index in [1.165, 1.54) is 7.11 Å². The first-order chi connectivity index (χ1) is 18.1. The fourth-order valence-corrected chi connectivity index (χ4v) is 4.11. The van der Waals surface area contributed by atoms with Crippen LogP contribution in [0.15, 0.2) is 55.3 Å². The Morgan fingerprint density at radius 2 is 1.87 bits per heavy atom. The van der Waals surface area contributed by atoms with Gasteiger partial charge in [0.2, 0.25) is 0 Å². The number of nitrogens with one attached hydrogen (secondary N) is 2. The fourth-order valence-electron chi connectivity index (χ4n) is 4.11. The lowest BCUT2D eigenvalue weighted by Gasteiger charge is -2.22. The summed E-state index contributed by atoms with van der Waals surface area (Å²) in [7, 11) is 3.21. The average molecular weight is 509 g/mol. The van der Waals surface area contributed by atoms with E-state index >= 15 is 0 Å². The molecule has 38 heavy (non-hydrogen) atoms. The van der Waals surface area contributed by atoms with E-state index in [0.29, 0.717) is 11.1 Å². The van der Waals surface area contributed by atoms with Gasteiger partial charge in [-0.2, -0.15) is 5.26 Å². The quantitative estimate of drug-likeness (QED) is 0.267. The summed E-state index contributed by atoms with van der Waals surface area (Å²) in [6.07, 6.45) is 6.99. The number of amides is 1. The zero-order valence-corrected chi connectivity index (χ0v) is 22.6. The molecule has 0 atom stereocenters. The van der Waals surface area contributed by atoms with Gasteiger partial charge in [0, 0.05) is 24.4 Å². The molecule has 0 radical (unpaired) electrons. The summed E-state index contributed by atoms with van der Waals surface area (Å²) in [6, 6.07) is 12.8. The number of hydrogen-bond donors (Lipinski definition) is 2. The number of anilines is 2. The van der Waals surface area contributed by atoms with Crippen molar-refractivity contribution >= 4 is 35.3 Å². The Morgan fingerprint density at radius 1 is 1.13 bits per heavy atom.